The van der Waals surface area contributed by atoms with Crippen LogP contribution in [0.2, 0.25) is 0 Å². The molecule has 0 unspecified atom stereocenters. The van der Waals surface area contributed by atoms with Crippen molar-refractivity contribution in [2.24, 2.45) is 0 Å². The molecule has 9 heteroatoms. The van der Waals surface area contributed by atoms with E-state index in [0.717, 1.165) is 10.0 Å². The third-order valence-corrected chi connectivity index (χ3v) is 4.64. The highest BCUT2D eigenvalue weighted by Gasteiger charge is 2.26. The first-order chi connectivity index (χ1) is 13.8. The van der Waals surface area contributed by atoms with E-state index in [9.17, 15) is 24.6 Å². The highest BCUT2D eigenvalue weighted by atomic mass is 79.9. The number of aromatic nitrogens is 1. The van der Waals surface area contributed by atoms with Crippen LogP contribution >= 0.6 is 15.9 Å². The highest BCUT2D eigenvalue weighted by molar-refractivity contribution is 9.10. The Labute approximate surface area is 172 Å². The first-order valence-corrected chi connectivity index (χ1v) is 9.07. The molecule has 2 aromatic carbocycles. The molecule has 0 amide bonds. The number of pyridine rings is 1. The second kappa shape index (κ2) is 8.19. The topological polar surface area (TPSA) is 143 Å². The number of carboxylic acid groups (broad SMARTS) is 2. The summed E-state index contributed by atoms with van der Waals surface area (Å²) in [5.41, 5.74) is 4.27. The molecule has 0 saturated heterocycles. The summed E-state index contributed by atoms with van der Waals surface area (Å²) in [7, 11) is 0. The Morgan fingerprint density at radius 3 is 2.31 bits per heavy atom. The summed E-state index contributed by atoms with van der Waals surface area (Å²) < 4.78 is 6.66. The lowest BCUT2D eigenvalue weighted by Crippen LogP contribution is -2.24. The Bertz CT molecular complexity index is 1150. The van der Waals surface area contributed by atoms with E-state index in [2.05, 4.69) is 20.9 Å². The van der Waals surface area contributed by atoms with Gasteiger partial charge in [0, 0.05) is 10.0 Å². The molecule has 5 N–H and O–H groups in total. The number of aromatic amines is 1. The minimum Gasteiger partial charge on any atom is -0.489 e. The number of nitrogens with two attached hydrogens (primary N) is 1. The van der Waals surface area contributed by atoms with Crippen LogP contribution in [0, 0.1) is 0 Å². The molecular weight excluding hydrogens is 444 g/mol. The van der Waals surface area contributed by atoms with Crippen molar-refractivity contribution in [3.05, 3.63) is 80.0 Å². The van der Waals surface area contributed by atoms with Crippen molar-refractivity contribution in [3.63, 3.8) is 0 Å². The second-order valence-corrected chi connectivity index (χ2v) is 6.96. The minimum atomic E-state index is -1.56. The van der Waals surface area contributed by atoms with Crippen LogP contribution in [-0.4, -0.2) is 27.1 Å². The van der Waals surface area contributed by atoms with Crippen molar-refractivity contribution in [1.29, 1.82) is 0 Å². The number of halogens is 1. The maximum atomic E-state index is 12.1. The fraction of sp³-hybridized carbons (Fsp3) is 0.0500. The van der Waals surface area contributed by atoms with Gasteiger partial charge < -0.3 is 25.7 Å². The Balaban J connectivity index is 2.06. The molecule has 1 aromatic heterocycles. The van der Waals surface area contributed by atoms with E-state index in [0.29, 0.717) is 5.75 Å². The molecule has 3 aromatic rings. The van der Waals surface area contributed by atoms with Crippen molar-refractivity contribution in [3.8, 4) is 16.9 Å². The molecule has 1 heterocycles. The molecule has 0 aliphatic heterocycles. The van der Waals surface area contributed by atoms with Crippen LogP contribution in [0.25, 0.3) is 11.1 Å². The molecule has 0 bridgehead atoms. The number of hydrogen-bond acceptors (Lipinski definition) is 5. The second-order valence-electron chi connectivity index (χ2n) is 6.05. The van der Waals surface area contributed by atoms with Gasteiger partial charge in [0.25, 0.3) is 5.56 Å². The van der Waals surface area contributed by atoms with Crippen molar-refractivity contribution in [1.82, 2.24) is 4.98 Å². The molecule has 3 rings (SSSR count). The van der Waals surface area contributed by atoms with Crippen LogP contribution in [0.5, 0.6) is 5.75 Å². The Morgan fingerprint density at radius 2 is 1.69 bits per heavy atom. The van der Waals surface area contributed by atoms with Crippen LogP contribution in [0.15, 0.2) is 57.8 Å². The number of nitrogen functional groups attached to an aromatic ring is 1. The van der Waals surface area contributed by atoms with E-state index in [1.165, 1.54) is 12.1 Å². The Kier molecular flexibility index (Phi) is 5.69. The summed E-state index contributed by atoms with van der Waals surface area (Å²) in [6.07, 6.45) is 0. The normalized spacial score (nSPS) is 10.5. The number of carbonyl (C=O) groups is 2. The minimum absolute atomic E-state index is 0.186. The fourth-order valence-electron chi connectivity index (χ4n) is 2.82. The van der Waals surface area contributed by atoms with Gasteiger partial charge in [-0.15, -0.1) is 0 Å². The standard InChI is InChI=1S/C20H15BrN2O6/c21-12-6-4-10(5-7-12)9-29-13-3-1-2-11(8-13)14-15(19(25)26)17(22)23-18(24)16(14)20(27)28/h1-8H,9H2,(H,25,26)(H,27,28)(H3,22,23,24). The van der Waals surface area contributed by atoms with Crippen molar-refractivity contribution < 1.29 is 24.5 Å². The van der Waals surface area contributed by atoms with E-state index in [1.807, 2.05) is 24.3 Å². The third kappa shape index (κ3) is 4.30. The van der Waals surface area contributed by atoms with Gasteiger partial charge in [-0.25, -0.2) is 9.59 Å². The van der Waals surface area contributed by atoms with Gasteiger partial charge in [0.1, 0.15) is 29.3 Å². The van der Waals surface area contributed by atoms with E-state index in [4.69, 9.17) is 10.5 Å². The maximum absolute atomic E-state index is 12.1. The van der Waals surface area contributed by atoms with Crippen LogP contribution in [0.3, 0.4) is 0 Å². The maximum Gasteiger partial charge on any atom is 0.342 e. The van der Waals surface area contributed by atoms with Gasteiger partial charge in [0.05, 0.1) is 0 Å². The first-order valence-electron chi connectivity index (χ1n) is 8.28. The summed E-state index contributed by atoms with van der Waals surface area (Å²) in [4.78, 5) is 37.5. The number of rotatable bonds is 6. The Hall–Kier alpha value is -3.59. The summed E-state index contributed by atoms with van der Waals surface area (Å²) >= 11 is 3.35. The SMILES string of the molecule is Nc1[nH]c(=O)c(C(=O)O)c(-c2cccc(OCc3ccc(Br)cc3)c2)c1C(=O)O. The van der Waals surface area contributed by atoms with E-state index in [1.54, 1.807) is 12.1 Å². The number of aromatic carboxylic acids is 2. The smallest absolute Gasteiger partial charge is 0.342 e. The zero-order valence-electron chi connectivity index (χ0n) is 14.8. The lowest BCUT2D eigenvalue weighted by molar-refractivity contribution is 0.0695. The molecule has 29 heavy (non-hydrogen) atoms. The molecule has 8 nitrogen and oxygen atoms in total. The van der Waals surface area contributed by atoms with Gasteiger partial charge in [-0.3, -0.25) is 4.79 Å². The molecule has 0 aliphatic carbocycles. The fourth-order valence-corrected chi connectivity index (χ4v) is 3.09. The number of benzene rings is 2. The lowest BCUT2D eigenvalue weighted by Gasteiger charge is -2.13. The van der Waals surface area contributed by atoms with Crippen LogP contribution in [0.1, 0.15) is 26.3 Å². The monoisotopic (exact) mass is 458 g/mol. The molecule has 148 valence electrons. The summed E-state index contributed by atoms with van der Waals surface area (Å²) in [6.45, 7) is 0.242. The number of anilines is 1. The van der Waals surface area contributed by atoms with Gasteiger partial charge in [-0.2, -0.15) is 0 Å². The average Bonchev–Trinajstić information content (AvgIpc) is 2.66. The molecule has 0 aliphatic rings. The predicted molar refractivity (Wildman–Crippen MR) is 109 cm³/mol. The van der Waals surface area contributed by atoms with E-state index < -0.39 is 34.4 Å². The largest absolute Gasteiger partial charge is 0.489 e. The number of carboxylic acids is 2. The summed E-state index contributed by atoms with van der Waals surface area (Å²) in [5, 5.41) is 19.0. The number of H-pyrrole nitrogens is 1. The summed E-state index contributed by atoms with van der Waals surface area (Å²) in [6, 6.07) is 13.6. The molecule has 0 radical (unpaired) electrons. The zero-order chi connectivity index (χ0) is 21.1. The van der Waals surface area contributed by atoms with Gasteiger partial charge >= 0.3 is 11.9 Å². The van der Waals surface area contributed by atoms with E-state index in [-0.39, 0.29) is 17.7 Å². The Morgan fingerprint density at radius 1 is 1.03 bits per heavy atom. The molecule has 0 spiro atoms. The van der Waals surface area contributed by atoms with Gasteiger partial charge in [-0.05, 0) is 35.4 Å². The average molecular weight is 459 g/mol. The predicted octanol–water partition coefficient (Wildman–Crippen LogP) is 3.36. The van der Waals surface area contributed by atoms with Gasteiger partial charge in [0.2, 0.25) is 0 Å². The molecule has 0 saturated carbocycles. The van der Waals surface area contributed by atoms with Crippen LogP contribution < -0.4 is 16.0 Å². The molecule has 0 fully saturated rings. The zero-order valence-corrected chi connectivity index (χ0v) is 16.4. The first kappa shape index (κ1) is 20.2. The number of nitrogens with one attached hydrogen (secondary N) is 1. The van der Waals surface area contributed by atoms with Crippen molar-refractivity contribution in [2.75, 3.05) is 5.73 Å². The summed E-state index contributed by atoms with van der Waals surface area (Å²) in [5.74, 6) is -3.08. The number of ether oxygens (including phenoxy) is 1. The molecular formula is C20H15BrN2O6. The lowest BCUT2D eigenvalue weighted by atomic mass is 9.95. The highest BCUT2D eigenvalue weighted by Crippen LogP contribution is 2.31. The van der Waals surface area contributed by atoms with Crippen molar-refractivity contribution in [2.45, 2.75) is 6.61 Å². The van der Waals surface area contributed by atoms with E-state index >= 15 is 0 Å². The van der Waals surface area contributed by atoms with Crippen molar-refractivity contribution >= 4 is 33.7 Å². The van der Waals surface area contributed by atoms with Gasteiger partial charge in [-0.1, -0.05) is 40.2 Å². The third-order valence-electron chi connectivity index (χ3n) is 4.11. The van der Waals surface area contributed by atoms with Crippen LogP contribution in [-0.2, 0) is 6.61 Å². The number of hydrogen-bond donors (Lipinski definition) is 4. The quantitative estimate of drug-likeness (QED) is 0.443. The molecule has 0 atom stereocenters. The van der Waals surface area contributed by atoms with Gasteiger partial charge in [0.15, 0.2) is 0 Å². The van der Waals surface area contributed by atoms with Crippen LogP contribution in [0.4, 0.5) is 5.82 Å².